The van der Waals surface area contributed by atoms with E-state index in [2.05, 4.69) is 42.6 Å². The van der Waals surface area contributed by atoms with E-state index in [1.54, 1.807) is 0 Å². The van der Waals surface area contributed by atoms with Crippen LogP contribution < -0.4 is 0 Å². The standard InChI is InChI=1S/C26H24N8O/c1-2-14-34-24(28-26(31-34)23(35)15-18-8-4-3-5-9-18)16-20-13-12-19(17-27-20)21-10-6-7-11-22(21)25-29-32-33-30-25/h3-13,17H,2,14-16H2,1H3,(H,29,30,32,33). The Morgan fingerprint density at radius 2 is 1.77 bits per heavy atom. The number of aromatic amines is 1. The highest BCUT2D eigenvalue weighted by atomic mass is 16.1. The maximum absolute atomic E-state index is 12.8. The number of aromatic nitrogens is 8. The second kappa shape index (κ2) is 10.2. The Morgan fingerprint density at radius 1 is 0.971 bits per heavy atom. The number of rotatable bonds is 9. The van der Waals surface area contributed by atoms with Crippen LogP contribution in [-0.4, -0.2) is 46.2 Å². The lowest BCUT2D eigenvalue weighted by molar-refractivity contribution is 0.0982. The lowest BCUT2D eigenvalue weighted by atomic mass is 10.0. The highest BCUT2D eigenvalue weighted by molar-refractivity contribution is 5.94. The summed E-state index contributed by atoms with van der Waals surface area (Å²) in [6.45, 7) is 2.77. The van der Waals surface area contributed by atoms with E-state index < -0.39 is 0 Å². The van der Waals surface area contributed by atoms with Gasteiger partial charge in [0.25, 0.3) is 0 Å². The maximum Gasteiger partial charge on any atom is 0.217 e. The zero-order chi connectivity index (χ0) is 24.0. The van der Waals surface area contributed by atoms with Crippen LogP contribution in [0.15, 0.2) is 72.9 Å². The summed E-state index contributed by atoms with van der Waals surface area (Å²) in [6.07, 6.45) is 3.49. The van der Waals surface area contributed by atoms with Crippen LogP contribution in [0.5, 0.6) is 0 Å². The van der Waals surface area contributed by atoms with Crippen LogP contribution in [-0.2, 0) is 19.4 Å². The molecule has 0 atom stereocenters. The van der Waals surface area contributed by atoms with Gasteiger partial charge in [0, 0.05) is 42.4 Å². The Hall–Kier alpha value is -4.53. The maximum atomic E-state index is 12.8. The minimum atomic E-state index is -0.0888. The molecule has 0 aliphatic carbocycles. The molecule has 9 nitrogen and oxygen atoms in total. The molecule has 0 amide bonds. The van der Waals surface area contributed by atoms with Crippen molar-refractivity contribution in [2.45, 2.75) is 32.7 Å². The second-order valence-electron chi connectivity index (χ2n) is 8.17. The number of hydrogen-bond acceptors (Lipinski definition) is 7. The van der Waals surface area contributed by atoms with E-state index in [1.807, 2.05) is 77.6 Å². The lowest BCUT2D eigenvalue weighted by Crippen LogP contribution is -2.08. The number of benzene rings is 2. The molecule has 0 spiro atoms. The van der Waals surface area contributed by atoms with Crippen LogP contribution >= 0.6 is 0 Å². The summed E-state index contributed by atoms with van der Waals surface area (Å²) >= 11 is 0. The molecule has 35 heavy (non-hydrogen) atoms. The molecule has 0 radical (unpaired) electrons. The SMILES string of the molecule is CCCn1nc(C(=O)Cc2ccccc2)nc1Cc1ccc(-c2ccccc2-c2nnn[nH]2)cn1. The van der Waals surface area contributed by atoms with E-state index in [9.17, 15) is 4.79 Å². The molecule has 174 valence electrons. The third-order valence-corrected chi connectivity index (χ3v) is 5.64. The molecule has 2 aromatic carbocycles. The largest absolute Gasteiger partial charge is 0.290 e. The summed E-state index contributed by atoms with van der Waals surface area (Å²) < 4.78 is 1.82. The van der Waals surface area contributed by atoms with Crippen molar-refractivity contribution in [1.82, 2.24) is 40.4 Å². The van der Waals surface area contributed by atoms with E-state index in [1.165, 1.54) is 0 Å². The summed E-state index contributed by atoms with van der Waals surface area (Å²) in [5, 5.41) is 18.7. The Labute approximate surface area is 202 Å². The molecule has 0 saturated heterocycles. The summed E-state index contributed by atoms with van der Waals surface area (Å²) in [5.74, 6) is 1.50. The molecule has 5 rings (SSSR count). The minimum Gasteiger partial charge on any atom is -0.290 e. The molecular formula is C26H24N8O. The Morgan fingerprint density at radius 3 is 2.49 bits per heavy atom. The molecule has 0 aliphatic heterocycles. The van der Waals surface area contributed by atoms with E-state index >= 15 is 0 Å². The van der Waals surface area contributed by atoms with Gasteiger partial charge in [-0.1, -0.05) is 67.6 Å². The zero-order valence-electron chi connectivity index (χ0n) is 19.3. The van der Waals surface area contributed by atoms with Crippen molar-refractivity contribution in [2.24, 2.45) is 0 Å². The molecule has 1 N–H and O–H groups in total. The van der Waals surface area contributed by atoms with E-state index in [0.717, 1.165) is 40.2 Å². The number of carbonyl (C=O) groups is 1. The summed E-state index contributed by atoms with van der Waals surface area (Å²) in [7, 11) is 0. The molecule has 3 aromatic heterocycles. The first-order valence-electron chi connectivity index (χ1n) is 11.5. The first kappa shape index (κ1) is 22.3. The Balaban J connectivity index is 1.37. The molecule has 0 fully saturated rings. The second-order valence-corrected chi connectivity index (χ2v) is 8.17. The van der Waals surface area contributed by atoms with Crippen LogP contribution in [0.4, 0.5) is 0 Å². The summed E-state index contributed by atoms with van der Waals surface area (Å²) in [6, 6.07) is 21.5. The van der Waals surface area contributed by atoms with Crippen LogP contribution in [0, 0.1) is 0 Å². The van der Waals surface area contributed by atoms with Gasteiger partial charge in [-0.3, -0.25) is 9.78 Å². The highest BCUT2D eigenvalue weighted by Gasteiger charge is 2.18. The van der Waals surface area contributed by atoms with Crippen molar-refractivity contribution >= 4 is 5.78 Å². The first-order chi connectivity index (χ1) is 17.2. The Bertz CT molecular complexity index is 1410. The highest BCUT2D eigenvalue weighted by Crippen LogP contribution is 2.29. The molecular weight excluding hydrogens is 440 g/mol. The van der Waals surface area contributed by atoms with Crippen LogP contribution in [0.3, 0.4) is 0 Å². The van der Waals surface area contributed by atoms with Gasteiger partial charge in [-0.15, -0.1) is 10.2 Å². The predicted octanol–water partition coefficient (Wildman–Crippen LogP) is 3.95. The topological polar surface area (TPSA) is 115 Å². The van der Waals surface area contributed by atoms with E-state index in [0.29, 0.717) is 18.8 Å². The van der Waals surface area contributed by atoms with Crippen molar-refractivity contribution in [1.29, 1.82) is 0 Å². The van der Waals surface area contributed by atoms with Crippen molar-refractivity contribution in [2.75, 3.05) is 0 Å². The number of nitrogens with zero attached hydrogens (tertiary/aromatic N) is 7. The average molecular weight is 465 g/mol. The molecule has 0 bridgehead atoms. The molecule has 0 saturated carbocycles. The van der Waals surface area contributed by atoms with Gasteiger partial charge in [0.1, 0.15) is 5.82 Å². The third-order valence-electron chi connectivity index (χ3n) is 5.64. The monoisotopic (exact) mass is 464 g/mol. The summed E-state index contributed by atoms with van der Waals surface area (Å²) in [4.78, 5) is 22.0. The van der Waals surface area contributed by atoms with Gasteiger partial charge in [-0.2, -0.15) is 0 Å². The van der Waals surface area contributed by atoms with Gasteiger partial charge < -0.3 is 0 Å². The van der Waals surface area contributed by atoms with E-state index in [4.69, 9.17) is 0 Å². The van der Waals surface area contributed by atoms with E-state index in [-0.39, 0.29) is 18.0 Å². The molecule has 5 aromatic rings. The van der Waals surface area contributed by atoms with Crippen LogP contribution in [0.25, 0.3) is 22.5 Å². The predicted molar refractivity (Wildman–Crippen MR) is 130 cm³/mol. The van der Waals surface area contributed by atoms with Crippen molar-refractivity contribution in [3.63, 3.8) is 0 Å². The summed E-state index contributed by atoms with van der Waals surface area (Å²) in [5.41, 5.74) is 4.63. The number of H-pyrrole nitrogens is 1. The number of nitrogens with one attached hydrogen (secondary N) is 1. The van der Waals surface area contributed by atoms with Crippen molar-refractivity contribution in [3.05, 3.63) is 95.8 Å². The lowest BCUT2D eigenvalue weighted by Gasteiger charge is -2.08. The number of pyridine rings is 1. The Kier molecular flexibility index (Phi) is 6.47. The van der Waals surface area contributed by atoms with Crippen molar-refractivity contribution in [3.8, 4) is 22.5 Å². The zero-order valence-corrected chi connectivity index (χ0v) is 19.3. The molecule has 3 heterocycles. The normalized spacial score (nSPS) is 11.0. The number of Topliss-reactive ketones (excluding diaryl/α,β-unsaturated/α-hetero) is 1. The van der Waals surface area contributed by atoms with Gasteiger partial charge >= 0.3 is 0 Å². The van der Waals surface area contributed by atoms with Gasteiger partial charge in [0.15, 0.2) is 5.82 Å². The molecule has 9 heteroatoms. The fourth-order valence-corrected chi connectivity index (χ4v) is 3.94. The van der Waals surface area contributed by atoms with Gasteiger partial charge in [0.2, 0.25) is 11.6 Å². The fourth-order valence-electron chi connectivity index (χ4n) is 3.94. The quantitative estimate of drug-likeness (QED) is 0.328. The number of carbonyl (C=O) groups excluding carboxylic acids is 1. The molecule has 0 unspecified atom stereocenters. The molecule has 0 aliphatic rings. The average Bonchev–Trinajstić information content (AvgIpc) is 3.56. The van der Waals surface area contributed by atoms with Crippen molar-refractivity contribution < 1.29 is 4.79 Å². The van der Waals surface area contributed by atoms with Gasteiger partial charge in [-0.25, -0.2) is 14.8 Å². The first-order valence-corrected chi connectivity index (χ1v) is 11.5. The number of ketones is 1. The number of tetrazole rings is 1. The van der Waals surface area contributed by atoms with Crippen LogP contribution in [0.1, 0.15) is 41.0 Å². The van der Waals surface area contributed by atoms with Gasteiger partial charge in [-0.05, 0) is 34.0 Å². The number of hydrogen-bond donors (Lipinski definition) is 1. The third kappa shape index (κ3) is 5.03. The number of aryl methyl sites for hydroxylation is 1. The van der Waals surface area contributed by atoms with Gasteiger partial charge in [0.05, 0.1) is 0 Å². The smallest absolute Gasteiger partial charge is 0.217 e. The van der Waals surface area contributed by atoms with Crippen LogP contribution in [0.2, 0.25) is 0 Å². The minimum absolute atomic E-state index is 0.0888. The fraction of sp³-hybridized carbons (Fsp3) is 0.192.